The van der Waals surface area contributed by atoms with E-state index in [0.29, 0.717) is 18.9 Å². The molecule has 1 aromatic heterocycles. The van der Waals surface area contributed by atoms with E-state index in [1.54, 1.807) is 6.20 Å². The molecule has 0 bridgehead atoms. The van der Waals surface area contributed by atoms with Crippen molar-refractivity contribution in [2.75, 3.05) is 23.3 Å². The van der Waals surface area contributed by atoms with Gasteiger partial charge in [0.15, 0.2) is 0 Å². The topological polar surface area (TPSA) is 58.1 Å². The summed E-state index contributed by atoms with van der Waals surface area (Å²) < 4.78 is 26.6. The van der Waals surface area contributed by atoms with E-state index in [0.717, 1.165) is 30.8 Å². The van der Waals surface area contributed by atoms with E-state index in [1.165, 1.54) is 6.07 Å². The number of nitrogens with one attached hydrogen (secondary N) is 1. The Kier molecular flexibility index (Phi) is 4.69. The van der Waals surface area contributed by atoms with Gasteiger partial charge in [0, 0.05) is 31.0 Å². The molecule has 0 unspecified atom stereocenters. The van der Waals surface area contributed by atoms with Crippen LogP contribution in [0.1, 0.15) is 18.5 Å². The minimum Gasteiger partial charge on any atom is -0.340 e. The Bertz CT molecular complexity index is 753. The number of amides is 1. The average Bonchev–Trinajstić information content (AvgIpc) is 2.57. The molecule has 0 spiro atoms. The lowest BCUT2D eigenvalue weighted by molar-refractivity contribution is -0.120. The van der Waals surface area contributed by atoms with E-state index in [9.17, 15) is 13.6 Å². The van der Waals surface area contributed by atoms with E-state index in [1.807, 2.05) is 17.9 Å². The minimum atomic E-state index is -0.780. The molecule has 0 aliphatic carbocycles. The van der Waals surface area contributed by atoms with Crippen LogP contribution >= 0.6 is 0 Å². The molecule has 1 atom stereocenters. The highest BCUT2D eigenvalue weighted by Crippen LogP contribution is 2.23. The van der Waals surface area contributed by atoms with Crippen molar-refractivity contribution in [2.24, 2.45) is 5.92 Å². The van der Waals surface area contributed by atoms with Crippen molar-refractivity contribution in [3.63, 3.8) is 0 Å². The van der Waals surface area contributed by atoms with Gasteiger partial charge in [0.05, 0.1) is 11.6 Å². The number of nitrogens with zero attached hydrogens (tertiary/aromatic N) is 3. The smallest absolute Gasteiger partial charge is 0.229 e. The molecule has 3 rings (SSSR count). The standard InChI is InChI=1S/C17H18F2N4O/c1-11-6-7-20-17(21-11)23-8-2-3-12(10-23)16(24)22-15-5-4-13(18)9-14(15)19/h4-7,9,12H,2-3,8,10H2,1H3,(H,22,24)/t12-/m0/s1. The molecular formula is C17H18F2N4O. The van der Waals surface area contributed by atoms with Gasteiger partial charge >= 0.3 is 0 Å². The number of halogens is 2. The highest BCUT2D eigenvalue weighted by Gasteiger charge is 2.27. The monoisotopic (exact) mass is 332 g/mol. The van der Waals surface area contributed by atoms with Crippen LogP contribution in [0.15, 0.2) is 30.5 Å². The Morgan fingerprint density at radius 1 is 1.33 bits per heavy atom. The third kappa shape index (κ3) is 3.67. The lowest BCUT2D eigenvalue weighted by Gasteiger charge is -2.32. The number of aryl methyl sites for hydroxylation is 1. The van der Waals surface area contributed by atoms with Crippen LogP contribution in [0.2, 0.25) is 0 Å². The molecule has 1 saturated heterocycles. The molecule has 1 fully saturated rings. The van der Waals surface area contributed by atoms with Gasteiger partial charge in [-0.1, -0.05) is 0 Å². The number of carbonyl (C=O) groups is 1. The Balaban J connectivity index is 1.69. The van der Waals surface area contributed by atoms with Crippen LogP contribution in [0.5, 0.6) is 0 Å². The molecule has 1 aliphatic rings. The molecule has 1 N–H and O–H groups in total. The second-order valence-electron chi connectivity index (χ2n) is 5.90. The average molecular weight is 332 g/mol. The number of hydrogen-bond acceptors (Lipinski definition) is 4. The van der Waals surface area contributed by atoms with Gasteiger partial charge in [-0.05, 0) is 38.0 Å². The normalized spacial score (nSPS) is 17.6. The number of hydrogen-bond donors (Lipinski definition) is 1. The molecular weight excluding hydrogens is 314 g/mol. The predicted molar refractivity (Wildman–Crippen MR) is 86.7 cm³/mol. The lowest BCUT2D eigenvalue weighted by atomic mass is 9.97. The summed E-state index contributed by atoms with van der Waals surface area (Å²) in [6.45, 7) is 3.13. The van der Waals surface area contributed by atoms with Gasteiger partial charge in [-0.3, -0.25) is 4.79 Å². The van der Waals surface area contributed by atoms with Crippen molar-refractivity contribution in [3.8, 4) is 0 Å². The second kappa shape index (κ2) is 6.90. The van der Waals surface area contributed by atoms with Crippen molar-refractivity contribution < 1.29 is 13.6 Å². The molecule has 0 radical (unpaired) electrons. The first-order chi connectivity index (χ1) is 11.5. The van der Waals surface area contributed by atoms with Crippen molar-refractivity contribution >= 4 is 17.5 Å². The zero-order chi connectivity index (χ0) is 17.1. The lowest BCUT2D eigenvalue weighted by Crippen LogP contribution is -2.41. The van der Waals surface area contributed by atoms with Crippen molar-refractivity contribution in [1.29, 1.82) is 0 Å². The molecule has 24 heavy (non-hydrogen) atoms. The Labute approximate surface area is 138 Å². The summed E-state index contributed by atoms with van der Waals surface area (Å²) >= 11 is 0. The highest BCUT2D eigenvalue weighted by atomic mass is 19.1. The van der Waals surface area contributed by atoms with Crippen molar-refractivity contribution in [3.05, 3.63) is 47.8 Å². The van der Waals surface area contributed by atoms with Crippen LogP contribution in [0, 0.1) is 24.5 Å². The molecule has 2 aromatic rings. The van der Waals surface area contributed by atoms with E-state index in [4.69, 9.17) is 0 Å². The van der Waals surface area contributed by atoms with Crippen LogP contribution in [0.25, 0.3) is 0 Å². The fraction of sp³-hybridized carbons (Fsp3) is 0.353. The largest absolute Gasteiger partial charge is 0.340 e. The molecule has 1 aromatic carbocycles. The Morgan fingerprint density at radius 2 is 2.17 bits per heavy atom. The summed E-state index contributed by atoms with van der Waals surface area (Å²) in [4.78, 5) is 23.0. The molecule has 1 amide bonds. The summed E-state index contributed by atoms with van der Waals surface area (Å²) in [7, 11) is 0. The maximum absolute atomic E-state index is 13.7. The van der Waals surface area contributed by atoms with E-state index >= 15 is 0 Å². The van der Waals surface area contributed by atoms with Gasteiger partial charge in [0.25, 0.3) is 0 Å². The van der Waals surface area contributed by atoms with Gasteiger partial charge in [0.2, 0.25) is 11.9 Å². The number of aromatic nitrogens is 2. The maximum Gasteiger partial charge on any atom is 0.229 e. The third-order valence-corrected chi connectivity index (χ3v) is 4.05. The van der Waals surface area contributed by atoms with Crippen LogP contribution in [0.4, 0.5) is 20.4 Å². The summed E-state index contributed by atoms with van der Waals surface area (Å²) in [5, 5.41) is 2.54. The van der Waals surface area contributed by atoms with E-state index in [-0.39, 0.29) is 17.5 Å². The van der Waals surface area contributed by atoms with Gasteiger partial charge in [-0.25, -0.2) is 18.7 Å². The first-order valence-corrected chi connectivity index (χ1v) is 7.83. The van der Waals surface area contributed by atoms with Crippen LogP contribution < -0.4 is 10.2 Å². The summed E-state index contributed by atoms with van der Waals surface area (Å²) in [5.74, 6) is -1.44. The fourth-order valence-electron chi connectivity index (χ4n) is 2.79. The predicted octanol–water partition coefficient (Wildman–Crippen LogP) is 2.92. The number of anilines is 2. The summed E-state index contributed by atoms with van der Waals surface area (Å²) in [5.41, 5.74) is 0.852. The molecule has 1 aliphatic heterocycles. The number of carbonyl (C=O) groups excluding carboxylic acids is 1. The Morgan fingerprint density at radius 3 is 2.92 bits per heavy atom. The number of piperidine rings is 1. The zero-order valence-corrected chi connectivity index (χ0v) is 13.3. The summed E-state index contributed by atoms with van der Waals surface area (Å²) in [6, 6.07) is 4.91. The molecule has 0 saturated carbocycles. The minimum absolute atomic E-state index is 0.00895. The Hall–Kier alpha value is -2.57. The van der Waals surface area contributed by atoms with Gasteiger partial charge in [-0.15, -0.1) is 0 Å². The first-order valence-electron chi connectivity index (χ1n) is 7.83. The van der Waals surface area contributed by atoms with E-state index in [2.05, 4.69) is 15.3 Å². The van der Waals surface area contributed by atoms with Crippen molar-refractivity contribution in [1.82, 2.24) is 9.97 Å². The van der Waals surface area contributed by atoms with Crippen LogP contribution in [-0.2, 0) is 4.79 Å². The maximum atomic E-state index is 13.7. The fourth-order valence-corrected chi connectivity index (χ4v) is 2.79. The highest BCUT2D eigenvalue weighted by molar-refractivity contribution is 5.93. The van der Waals surface area contributed by atoms with E-state index < -0.39 is 11.6 Å². The zero-order valence-electron chi connectivity index (χ0n) is 13.3. The summed E-state index contributed by atoms with van der Waals surface area (Å²) in [6.07, 6.45) is 3.22. The first kappa shape index (κ1) is 16.3. The molecule has 126 valence electrons. The number of benzene rings is 1. The molecule has 7 heteroatoms. The third-order valence-electron chi connectivity index (χ3n) is 4.05. The van der Waals surface area contributed by atoms with Crippen molar-refractivity contribution in [2.45, 2.75) is 19.8 Å². The second-order valence-corrected chi connectivity index (χ2v) is 5.90. The van der Waals surface area contributed by atoms with Gasteiger partial charge < -0.3 is 10.2 Å². The molecule has 5 nitrogen and oxygen atoms in total. The quantitative estimate of drug-likeness (QED) is 0.939. The van der Waals surface area contributed by atoms with Crippen LogP contribution in [0.3, 0.4) is 0 Å². The van der Waals surface area contributed by atoms with Gasteiger partial charge in [-0.2, -0.15) is 0 Å². The van der Waals surface area contributed by atoms with Crippen LogP contribution in [-0.4, -0.2) is 29.0 Å². The van der Waals surface area contributed by atoms with Gasteiger partial charge in [0.1, 0.15) is 11.6 Å². The molecule has 2 heterocycles. The SMILES string of the molecule is Cc1ccnc(N2CCC[C@H](C(=O)Nc3ccc(F)cc3F)C2)n1. The number of rotatable bonds is 3.